The molecular formula is C15H17N5O3. The van der Waals surface area contributed by atoms with Gasteiger partial charge >= 0.3 is 5.69 Å². The molecule has 0 aliphatic heterocycles. The van der Waals surface area contributed by atoms with E-state index in [9.17, 15) is 14.4 Å². The van der Waals surface area contributed by atoms with E-state index in [0.717, 1.165) is 11.8 Å². The number of hydrogen-bond donors (Lipinski definition) is 4. The zero-order chi connectivity index (χ0) is 16.8. The fourth-order valence-electron chi connectivity index (χ4n) is 1.97. The smallest absolute Gasteiger partial charge is 0.320 e. The fraction of sp³-hybridized carbons (Fsp3) is 0.200. The lowest BCUT2D eigenvalue weighted by Gasteiger charge is -2.09. The molecule has 0 saturated heterocycles. The number of carbonyl (C=O) groups is 1. The molecule has 0 aliphatic rings. The molecule has 0 saturated carbocycles. The molecule has 120 valence electrons. The van der Waals surface area contributed by atoms with Crippen LogP contribution in [0.5, 0.6) is 0 Å². The van der Waals surface area contributed by atoms with Gasteiger partial charge in [-0.2, -0.15) is 5.10 Å². The highest BCUT2D eigenvalue weighted by Gasteiger charge is 2.13. The predicted molar refractivity (Wildman–Crippen MR) is 86.3 cm³/mol. The number of amides is 1. The third-order valence-corrected chi connectivity index (χ3v) is 3.18. The Morgan fingerprint density at radius 2 is 2.00 bits per heavy atom. The number of aryl methyl sites for hydroxylation is 1. The van der Waals surface area contributed by atoms with Gasteiger partial charge in [0.1, 0.15) is 0 Å². The van der Waals surface area contributed by atoms with Gasteiger partial charge in [-0.1, -0.05) is 30.3 Å². The number of carbonyl (C=O) groups excluding carboxylic acids is 1. The SMILES string of the molecule is Cc1[nH]c(=O)[nH]c(=O)c1C=NNC(=O)C(N)Cc1ccccc1. The van der Waals surface area contributed by atoms with Crippen molar-refractivity contribution < 1.29 is 4.79 Å². The van der Waals surface area contributed by atoms with E-state index in [1.807, 2.05) is 30.3 Å². The van der Waals surface area contributed by atoms with Crippen LogP contribution in [-0.2, 0) is 11.2 Å². The van der Waals surface area contributed by atoms with Crippen LogP contribution >= 0.6 is 0 Å². The van der Waals surface area contributed by atoms with Crippen molar-refractivity contribution in [2.24, 2.45) is 10.8 Å². The Bertz CT molecular complexity index is 823. The maximum absolute atomic E-state index is 11.9. The molecule has 1 unspecified atom stereocenters. The molecule has 5 N–H and O–H groups in total. The molecular weight excluding hydrogens is 298 g/mol. The molecule has 1 aromatic heterocycles. The average molecular weight is 315 g/mol. The minimum atomic E-state index is -0.760. The fourth-order valence-corrected chi connectivity index (χ4v) is 1.97. The Balaban J connectivity index is 1.99. The van der Waals surface area contributed by atoms with Crippen LogP contribution in [-0.4, -0.2) is 28.1 Å². The number of hydrogen-bond acceptors (Lipinski definition) is 5. The van der Waals surface area contributed by atoms with Crippen molar-refractivity contribution in [2.45, 2.75) is 19.4 Å². The number of nitrogens with zero attached hydrogens (tertiary/aromatic N) is 1. The van der Waals surface area contributed by atoms with Gasteiger partial charge in [0, 0.05) is 5.69 Å². The summed E-state index contributed by atoms with van der Waals surface area (Å²) < 4.78 is 0. The highest BCUT2D eigenvalue weighted by Crippen LogP contribution is 2.01. The van der Waals surface area contributed by atoms with Crippen LogP contribution in [0.4, 0.5) is 0 Å². The lowest BCUT2D eigenvalue weighted by atomic mass is 10.1. The lowest BCUT2D eigenvalue weighted by Crippen LogP contribution is -2.40. The molecule has 0 radical (unpaired) electrons. The summed E-state index contributed by atoms with van der Waals surface area (Å²) in [6, 6.07) is 8.60. The summed E-state index contributed by atoms with van der Waals surface area (Å²) in [7, 11) is 0. The van der Waals surface area contributed by atoms with Gasteiger partial charge in [-0.15, -0.1) is 0 Å². The Labute approximate surface area is 131 Å². The Kier molecular flexibility index (Phi) is 5.21. The summed E-state index contributed by atoms with van der Waals surface area (Å²) in [5.41, 5.74) is 8.35. The minimum absolute atomic E-state index is 0.154. The van der Waals surface area contributed by atoms with Gasteiger partial charge in [0.15, 0.2) is 0 Å². The van der Waals surface area contributed by atoms with Crippen LogP contribution in [0.2, 0.25) is 0 Å². The number of hydrazone groups is 1. The summed E-state index contributed by atoms with van der Waals surface area (Å²) in [5, 5.41) is 3.71. The highest BCUT2D eigenvalue weighted by molar-refractivity contribution is 5.85. The number of nitrogens with two attached hydrogens (primary N) is 1. The standard InChI is InChI=1S/C15H17N5O3/c1-9-11(13(21)19-15(23)18-9)8-17-20-14(22)12(16)7-10-5-3-2-4-6-10/h2-6,8,12H,7,16H2,1H3,(H,20,22)(H2,18,19,21,23). The van der Waals surface area contributed by atoms with E-state index < -0.39 is 23.2 Å². The quantitative estimate of drug-likeness (QED) is 0.432. The highest BCUT2D eigenvalue weighted by atomic mass is 16.2. The van der Waals surface area contributed by atoms with E-state index in [1.165, 1.54) is 0 Å². The molecule has 1 atom stereocenters. The van der Waals surface area contributed by atoms with Crippen LogP contribution in [0.15, 0.2) is 45.0 Å². The van der Waals surface area contributed by atoms with Gasteiger partial charge in [-0.25, -0.2) is 10.2 Å². The first-order chi connectivity index (χ1) is 11.0. The monoisotopic (exact) mass is 315 g/mol. The van der Waals surface area contributed by atoms with Crippen LogP contribution in [0.25, 0.3) is 0 Å². The van der Waals surface area contributed by atoms with E-state index in [4.69, 9.17) is 5.73 Å². The third kappa shape index (κ3) is 4.48. The first-order valence-corrected chi connectivity index (χ1v) is 6.93. The molecule has 8 nitrogen and oxygen atoms in total. The van der Waals surface area contributed by atoms with E-state index in [2.05, 4.69) is 20.5 Å². The minimum Gasteiger partial charge on any atom is -0.320 e. The zero-order valence-electron chi connectivity index (χ0n) is 12.5. The molecule has 1 heterocycles. The summed E-state index contributed by atoms with van der Waals surface area (Å²) in [6.45, 7) is 1.56. The van der Waals surface area contributed by atoms with Gasteiger partial charge in [-0.3, -0.25) is 14.6 Å². The molecule has 0 bridgehead atoms. The topological polar surface area (TPSA) is 133 Å². The third-order valence-electron chi connectivity index (χ3n) is 3.18. The Morgan fingerprint density at radius 1 is 1.30 bits per heavy atom. The van der Waals surface area contributed by atoms with E-state index in [-0.39, 0.29) is 5.56 Å². The van der Waals surface area contributed by atoms with Crippen molar-refractivity contribution in [2.75, 3.05) is 0 Å². The van der Waals surface area contributed by atoms with E-state index in [1.54, 1.807) is 6.92 Å². The molecule has 2 aromatic rings. The van der Waals surface area contributed by atoms with Crippen molar-refractivity contribution in [3.8, 4) is 0 Å². The Hall–Kier alpha value is -3.00. The van der Waals surface area contributed by atoms with Crippen molar-refractivity contribution in [1.29, 1.82) is 0 Å². The van der Waals surface area contributed by atoms with E-state index >= 15 is 0 Å². The first-order valence-electron chi connectivity index (χ1n) is 6.93. The maximum Gasteiger partial charge on any atom is 0.325 e. The first kappa shape index (κ1) is 16.4. The van der Waals surface area contributed by atoms with Gasteiger partial charge in [0.2, 0.25) is 0 Å². The van der Waals surface area contributed by atoms with Crippen molar-refractivity contribution >= 4 is 12.1 Å². The number of benzene rings is 1. The second-order valence-corrected chi connectivity index (χ2v) is 4.98. The summed E-state index contributed by atoms with van der Waals surface area (Å²) in [5.74, 6) is -0.469. The number of nitrogens with one attached hydrogen (secondary N) is 3. The van der Waals surface area contributed by atoms with Gasteiger partial charge < -0.3 is 10.7 Å². The van der Waals surface area contributed by atoms with E-state index in [0.29, 0.717) is 12.1 Å². The van der Waals surface area contributed by atoms with Crippen LogP contribution in [0.3, 0.4) is 0 Å². The molecule has 23 heavy (non-hydrogen) atoms. The number of aromatic nitrogens is 2. The lowest BCUT2D eigenvalue weighted by molar-refractivity contribution is -0.122. The summed E-state index contributed by atoms with van der Waals surface area (Å²) in [4.78, 5) is 39.1. The van der Waals surface area contributed by atoms with Crippen LogP contribution < -0.4 is 22.4 Å². The van der Waals surface area contributed by atoms with Crippen molar-refractivity contribution in [3.05, 3.63) is 68.0 Å². The second-order valence-electron chi connectivity index (χ2n) is 4.98. The van der Waals surface area contributed by atoms with Gasteiger partial charge in [-0.05, 0) is 18.9 Å². The van der Waals surface area contributed by atoms with Crippen LogP contribution in [0.1, 0.15) is 16.8 Å². The largest absolute Gasteiger partial charge is 0.325 e. The van der Waals surface area contributed by atoms with Crippen molar-refractivity contribution in [1.82, 2.24) is 15.4 Å². The molecule has 1 amide bonds. The second kappa shape index (κ2) is 7.32. The number of H-pyrrole nitrogens is 2. The van der Waals surface area contributed by atoms with Crippen molar-refractivity contribution in [3.63, 3.8) is 0 Å². The normalized spacial score (nSPS) is 12.3. The molecule has 0 spiro atoms. The molecule has 2 rings (SSSR count). The molecule has 8 heteroatoms. The van der Waals surface area contributed by atoms with Crippen LogP contribution in [0, 0.1) is 6.92 Å². The van der Waals surface area contributed by atoms with Gasteiger partial charge in [0.25, 0.3) is 11.5 Å². The Morgan fingerprint density at radius 3 is 2.65 bits per heavy atom. The molecule has 0 fully saturated rings. The molecule has 0 aliphatic carbocycles. The summed E-state index contributed by atoms with van der Waals surface area (Å²) in [6.07, 6.45) is 1.54. The number of rotatable bonds is 5. The predicted octanol–water partition coefficient (Wildman–Crippen LogP) is -0.608. The van der Waals surface area contributed by atoms with Gasteiger partial charge in [0.05, 0.1) is 17.8 Å². The zero-order valence-corrected chi connectivity index (χ0v) is 12.5. The number of aromatic amines is 2. The summed E-state index contributed by atoms with van der Waals surface area (Å²) >= 11 is 0. The maximum atomic E-state index is 11.9. The average Bonchev–Trinajstić information content (AvgIpc) is 2.50. The molecule has 1 aromatic carbocycles.